The van der Waals surface area contributed by atoms with Gasteiger partial charge in [-0.05, 0) is 68.0 Å². The number of hydrogen-bond donors (Lipinski definition) is 1. The van der Waals surface area contributed by atoms with E-state index in [-0.39, 0.29) is 11.9 Å². The Balaban J connectivity index is 1.50. The van der Waals surface area contributed by atoms with E-state index in [1.165, 1.54) is 0 Å². The summed E-state index contributed by atoms with van der Waals surface area (Å²) in [6, 6.07) is 15.9. The number of rotatable bonds is 6. The molecule has 2 fully saturated rings. The van der Waals surface area contributed by atoms with Crippen molar-refractivity contribution in [3.8, 4) is 5.75 Å². The van der Waals surface area contributed by atoms with Gasteiger partial charge in [0.1, 0.15) is 5.75 Å². The van der Waals surface area contributed by atoms with Gasteiger partial charge in [0, 0.05) is 43.3 Å². The van der Waals surface area contributed by atoms with Gasteiger partial charge in [0.2, 0.25) is 0 Å². The molecule has 196 valence electrons. The van der Waals surface area contributed by atoms with Crippen LogP contribution in [0.25, 0.3) is 0 Å². The normalized spacial score (nSPS) is 20.6. The molecular weight excluding hydrogens is 488 g/mol. The van der Waals surface area contributed by atoms with E-state index in [1.807, 2.05) is 47.9 Å². The molecule has 0 unspecified atom stereocenters. The van der Waals surface area contributed by atoms with Gasteiger partial charge >= 0.3 is 0 Å². The van der Waals surface area contributed by atoms with Gasteiger partial charge in [0.15, 0.2) is 5.11 Å². The number of anilines is 2. The summed E-state index contributed by atoms with van der Waals surface area (Å²) in [6.45, 7) is 10.0. The predicted octanol–water partition coefficient (Wildman–Crippen LogP) is 3.49. The first-order chi connectivity index (χ1) is 18.1. The molecule has 2 aromatic carbocycles. The molecule has 0 spiro atoms. The van der Waals surface area contributed by atoms with E-state index in [4.69, 9.17) is 26.4 Å². The van der Waals surface area contributed by atoms with Crippen molar-refractivity contribution >= 4 is 34.6 Å². The largest absolute Gasteiger partial charge is 0.494 e. The van der Waals surface area contributed by atoms with E-state index in [0.717, 1.165) is 54.7 Å². The number of morpholine rings is 2. The molecule has 37 heavy (non-hydrogen) atoms. The molecule has 0 radical (unpaired) electrons. The lowest BCUT2D eigenvalue weighted by atomic mass is 9.93. The second kappa shape index (κ2) is 11.5. The minimum absolute atomic E-state index is 0.00833. The molecule has 1 atom stereocenters. The molecule has 8 nitrogen and oxygen atoms in total. The number of carbonyl (C=O) groups is 1. The predicted molar refractivity (Wildman–Crippen MR) is 148 cm³/mol. The Morgan fingerprint density at radius 2 is 1.54 bits per heavy atom. The quantitative estimate of drug-likeness (QED) is 0.579. The van der Waals surface area contributed by atoms with Crippen LogP contribution in [0.3, 0.4) is 0 Å². The maximum Gasteiger partial charge on any atom is 0.254 e. The SMILES string of the molecule is CCOc1ccc(N2C(=S)N[C@@H](c3ccc(N4CCOCC4)cc3)C(C(=O)N3CCOCC3)=C2C)cc1. The van der Waals surface area contributed by atoms with Crippen LogP contribution in [-0.4, -0.2) is 75.1 Å². The van der Waals surface area contributed by atoms with E-state index in [1.54, 1.807) is 0 Å². The number of nitrogens with zero attached hydrogens (tertiary/aromatic N) is 3. The average Bonchev–Trinajstić information content (AvgIpc) is 2.94. The number of benzene rings is 2. The van der Waals surface area contributed by atoms with Crippen molar-refractivity contribution in [1.29, 1.82) is 0 Å². The third-order valence-electron chi connectivity index (χ3n) is 7.02. The molecular formula is C28H34N4O4S. The highest BCUT2D eigenvalue weighted by Crippen LogP contribution is 2.36. The van der Waals surface area contributed by atoms with Crippen molar-refractivity contribution in [2.24, 2.45) is 0 Å². The van der Waals surface area contributed by atoms with E-state index >= 15 is 0 Å². The molecule has 1 N–H and O–H groups in total. The topological polar surface area (TPSA) is 66.5 Å². The van der Waals surface area contributed by atoms with Crippen molar-refractivity contribution in [3.63, 3.8) is 0 Å². The summed E-state index contributed by atoms with van der Waals surface area (Å²) in [4.78, 5) is 20.1. The minimum Gasteiger partial charge on any atom is -0.494 e. The fourth-order valence-electron chi connectivity index (χ4n) is 5.08. The summed E-state index contributed by atoms with van der Waals surface area (Å²) in [6.07, 6.45) is 0. The lowest BCUT2D eigenvalue weighted by Crippen LogP contribution is -2.51. The van der Waals surface area contributed by atoms with Gasteiger partial charge in [-0.3, -0.25) is 9.69 Å². The van der Waals surface area contributed by atoms with E-state index in [0.29, 0.717) is 43.6 Å². The Labute approximate surface area is 223 Å². The number of nitrogens with one attached hydrogen (secondary N) is 1. The van der Waals surface area contributed by atoms with Crippen molar-refractivity contribution in [3.05, 3.63) is 65.4 Å². The summed E-state index contributed by atoms with van der Waals surface area (Å²) in [5, 5.41) is 4.03. The summed E-state index contributed by atoms with van der Waals surface area (Å²) in [7, 11) is 0. The average molecular weight is 523 g/mol. The van der Waals surface area contributed by atoms with Crippen molar-refractivity contribution in [2.75, 3.05) is 69.0 Å². The highest BCUT2D eigenvalue weighted by molar-refractivity contribution is 7.80. The zero-order valence-corrected chi connectivity index (χ0v) is 22.3. The summed E-state index contributed by atoms with van der Waals surface area (Å²) in [5.74, 6) is 0.806. The molecule has 5 rings (SSSR count). The van der Waals surface area contributed by atoms with Crippen molar-refractivity contribution in [1.82, 2.24) is 10.2 Å². The van der Waals surface area contributed by atoms with Crippen LogP contribution in [0.1, 0.15) is 25.5 Å². The van der Waals surface area contributed by atoms with Crippen LogP contribution in [0.4, 0.5) is 11.4 Å². The summed E-state index contributed by atoms with van der Waals surface area (Å²) < 4.78 is 16.6. The molecule has 3 heterocycles. The van der Waals surface area contributed by atoms with Crippen LogP contribution in [0.15, 0.2) is 59.8 Å². The monoisotopic (exact) mass is 522 g/mol. The number of hydrogen-bond acceptors (Lipinski definition) is 6. The fourth-order valence-corrected chi connectivity index (χ4v) is 5.44. The standard InChI is InChI=1S/C28H34N4O4S/c1-3-36-24-10-8-23(9-11-24)32-20(2)25(27(33)31-14-18-35-19-15-31)26(29-28(32)37)21-4-6-22(7-5-21)30-12-16-34-17-13-30/h4-11,26H,3,12-19H2,1-2H3,(H,29,37)/t26-/m0/s1. The molecule has 9 heteroatoms. The minimum atomic E-state index is -0.347. The van der Waals surface area contributed by atoms with Gasteiger partial charge in [-0.2, -0.15) is 0 Å². The first kappa shape index (κ1) is 25.5. The smallest absolute Gasteiger partial charge is 0.254 e. The number of ether oxygens (including phenoxy) is 3. The Kier molecular flexibility index (Phi) is 7.93. The van der Waals surface area contributed by atoms with Gasteiger partial charge in [0.25, 0.3) is 5.91 Å². The number of allylic oxidation sites excluding steroid dienone is 1. The molecule has 0 bridgehead atoms. The zero-order chi connectivity index (χ0) is 25.8. The van der Waals surface area contributed by atoms with Crippen LogP contribution in [-0.2, 0) is 14.3 Å². The number of carbonyl (C=O) groups excluding carboxylic acids is 1. The molecule has 0 aromatic heterocycles. The van der Waals surface area contributed by atoms with Gasteiger partial charge in [0.05, 0.1) is 44.6 Å². The maximum absolute atomic E-state index is 13.9. The lowest BCUT2D eigenvalue weighted by molar-refractivity contribution is -0.131. The molecule has 0 aliphatic carbocycles. The highest BCUT2D eigenvalue weighted by Gasteiger charge is 2.37. The number of amides is 1. The Hall–Kier alpha value is -3.14. The zero-order valence-electron chi connectivity index (χ0n) is 21.4. The van der Waals surface area contributed by atoms with Crippen LogP contribution in [0.2, 0.25) is 0 Å². The van der Waals surface area contributed by atoms with E-state index in [9.17, 15) is 4.79 Å². The first-order valence-corrected chi connectivity index (χ1v) is 13.3. The fraction of sp³-hybridized carbons (Fsp3) is 0.429. The van der Waals surface area contributed by atoms with Crippen LogP contribution in [0, 0.1) is 0 Å². The summed E-state index contributed by atoms with van der Waals surface area (Å²) >= 11 is 5.85. The molecule has 2 saturated heterocycles. The van der Waals surface area contributed by atoms with Gasteiger partial charge in [-0.25, -0.2) is 0 Å². The second-order valence-electron chi connectivity index (χ2n) is 9.24. The number of thiocarbonyl (C=S) groups is 1. The third-order valence-corrected chi connectivity index (χ3v) is 7.32. The van der Waals surface area contributed by atoms with Gasteiger partial charge in [-0.1, -0.05) is 12.1 Å². The lowest BCUT2D eigenvalue weighted by Gasteiger charge is -2.40. The maximum atomic E-state index is 13.9. The highest BCUT2D eigenvalue weighted by atomic mass is 32.1. The van der Waals surface area contributed by atoms with Crippen LogP contribution >= 0.6 is 12.2 Å². The molecule has 0 saturated carbocycles. The molecule has 3 aliphatic heterocycles. The van der Waals surface area contributed by atoms with E-state index < -0.39 is 0 Å². The van der Waals surface area contributed by atoms with Crippen molar-refractivity contribution in [2.45, 2.75) is 19.9 Å². The van der Waals surface area contributed by atoms with E-state index in [2.05, 4.69) is 34.5 Å². The second-order valence-corrected chi connectivity index (χ2v) is 9.63. The Morgan fingerprint density at radius 1 is 0.946 bits per heavy atom. The molecule has 2 aromatic rings. The molecule has 1 amide bonds. The van der Waals surface area contributed by atoms with Gasteiger partial charge < -0.3 is 29.3 Å². The Morgan fingerprint density at radius 3 is 2.16 bits per heavy atom. The third kappa shape index (κ3) is 5.44. The molecule has 3 aliphatic rings. The Bertz CT molecular complexity index is 1140. The van der Waals surface area contributed by atoms with Crippen LogP contribution in [0.5, 0.6) is 5.75 Å². The van der Waals surface area contributed by atoms with Crippen LogP contribution < -0.4 is 19.9 Å². The first-order valence-electron chi connectivity index (χ1n) is 12.9. The summed E-state index contributed by atoms with van der Waals surface area (Å²) in [5.41, 5.74) is 4.56. The van der Waals surface area contributed by atoms with Crippen molar-refractivity contribution < 1.29 is 19.0 Å². The van der Waals surface area contributed by atoms with Gasteiger partial charge in [-0.15, -0.1) is 0 Å².